The molecule has 1 N–H and O–H groups in total. The number of amides is 1. The molecule has 0 heterocycles. The van der Waals surface area contributed by atoms with Crippen LogP contribution in [0.15, 0.2) is 36.4 Å². The van der Waals surface area contributed by atoms with Crippen molar-refractivity contribution in [3.05, 3.63) is 53.1 Å². The van der Waals surface area contributed by atoms with Crippen molar-refractivity contribution in [2.75, 3.05) is 26.1 Å². The molecule has 27 heavy (non-hydrogen) atoms. The highest BCUT2D eigenvalue weighted by atomic mass is 16.5. The lowest BCUT2D eigenvalue weighted by Gasteiger charge is -2.14. The number of anilines is 1. The third kappa shape index (κ3) is 4.41. The van der Waals surface area contributed by atoms with Crippen LogP contribution in [-0.2, 0) is 9.53 Å². The zero-order valence-corrected chi connectivity index (χ0v) is 14.6. The Morgan fingerprint density at radius 1 is 1.15 bits per heavy atom. The number of hydrogen-bond acceptors (Lipinski definition) is 7. The molecule has 0 atom stereocenters. The molecule has 8 heteroatoms. The standard InChI is InChI=1S/C19H16N2O6/c1-25-15-8-7-13(10-22)17(18(15)26-2)19(24)27-11-16(23)21-14-6-4-3-5-12(14)9-20/h3-8,10H,11H2,1-2H3,(H,21,23). The molecule has 2 aromatic rings. The molecule has 0 fully saturated rings. The van der Waals surface area contributed by atoms with Gasteiger partial charge in [-0.3, -0.25) is 9.59 Å². The Morgan fingerprint density at radius 2 is 1.89 bits per heavy atom. The molecule has 0 spiro atoms. The van der Waals surface area contributed by atoms with E-state index in [0.29, 0.717) is 12.0 Å². The van der Waals surface area contributed by atoms with Crippen molar-refractivity contribution >= 4 is 23.9 Å². The average Bonchev–Trinajstić information content (AvgIpc) is 2.71. The normalized spacial score (nSPS) is 9.67. The van der Waals surface area contributed by atoms with Gasteiger partial charge in [0, 0.05) is 5.56 Å². The molecule has 0 saturated carbocycles. The smallest absolute Gasteiger partial charge is 0.343 e. The van der Waals surface area contributed by atoms with Gasteiger partial charge in [0.25, 0.3) is 5.91 Å². The summed E-state index contributed by atoms with van der Waals surface area (Å²) in [5.74, 6) is -1.29. The van der Waals surface area contributed by atoms with Crippen LogP contribution in [0.5, 0.6) is 11.5 Å². The first-order valence-electron chi connectivity index (χ1n) is 7.72. The first kappa shape index (κ1) is 19.5. The van der Waals surface area contributed by atoms with Gasteiger partial charge >= 0.3 is 5.97 Å². The maximum absolute atomic E-state index is 12.4. The quantitative estimate of drug-likeness (QED) is 0.588. The Hall–Kier alpha value is -3.86. The fraction of sp³-hybridized carbons (Fsp3) is 0.158. The molecule has 2 rings (SSSR count). The van der Waals surface area contributed by atoms with E-state index in [2.05, 4.69) is 5.32 Å². The summed E-state index contributed by atoms with van der Waals surface area (Å²) in [5.41, 5.74) is 0.466. The highest BCUT2D eigenvalue weighted by Gasteiger charge is 2.23. The Morgan fingerprint density at radius 3 is 2.52 bits per heavy atom. The van der Waals surface area contributed by atoms with Gasteiger partial charge < -0.3 is 19.5 Å². The largest absolute Gasteiger partial charge is 0.493 e. The van der Waals surface area contributed by atoms with Crippen molar-refractivity contribution in [2.45, 2.75) is 0 Å². The van der Waals surface area contributed by atoms with Gasteiger partial charge in [-0.25, -0.2) is 4.79 Å². The molecule has 0 aromatic heterocycles. The van der Waals surface area contributed by atoms with Gasteiger partial charge in [-0.05, 0) is 24.3 Å². The second-order valence-corrected chi connectivity index (χ2v) is 5.16. The molecule has 0 bridgehead atoms. The summed E-state index contributed by atoms with van der Waals surface area (Å²) in [6.45, 7) is -0.614. The zero-order valence-electron chi connectivity index (χ0n) is 14.6. The molecule has 0 saturated heterocycles. The van der Waals surface area contributed by atoms with E-state index in [1.165, 1.54) is 26.4 Å². The number of nitrogens with zero attached hydrogens (tertiary/aromatic N) is 1. The number of aldehydes is 1. The summed E-state index contributed by atoms with van der Waals surface area (Å²) >= 11 is 0. The molecular formula is C19H16N2O6. The topological polar surface area (TPSA) is 115 Å². The van der Waals surface area contributed by atoms with Crippen LogP contribution in [0.3, 0.4) is 0 Å². The number of nitrogens with one attached hydrogen (secondary N) is 1. The van der Waals surface area contributed by atoms with Crippen LogP contribution in [0.1, 0.15) is 26.3 Å². The van der Waals surface area contributed by atoms with Crippen LogP contribution < -0.4 is 14.8 Å². The van der Waals surface area contributed by atoms with Crippen LogP contribution in [-0.4, -0.2) is 39.0 Å². The maximum atomic E-state index is 12.4. The van der Waals surface area contributed by atoms with Gasteiger partial charge in [0.15, 0.2) is 24.4 Å². The number of benzene rings is 2. The van der Waals surface area contributed by atoms with Gasteiger partial charge in [-0.15, -0.1) is 0 Å². The van der Waals surface area contributed by atoms with E-state index < -0.39 is 18.5 Å². The summed E-state index contributed by atoms with van der Waals surface area (Å²) in [4.78, 5) is 35.7. The molecule has 0 aliphatic heterocycles. The molecule has 0 radical (unpaired) electrons. The van der Waals surface area contributed by atoms with Gasteiger partial charge in [0.05, 0.1) is 25.5 Å². The predicted molar refractivity (Wildman–Crippen MR) is 95.0 cm³/mol. The summed E-state index contributed by atoms with van der Waals surface area (Å²) in [7, 11) is 2.70. The van der Waals surface area contributed by atoms with E-state index in [4.69, 9.17) is 19.5 Å². The van der Waals surface area contributed by atoms with Gasteiger partial charge in [0.2, 0.25) is 0 Å². The number of ether oxygens (including phenoxy) is 3. The lowest BCUT2D eigenvalue weighted by molar-refractivity contribution is -0.119. The van der Waals surface area contributed by atoms with Crippen LogP contribution in [0.2, 0.25) is 0 Å². The fourth-order valence-electron chi connectivity index (χ4n) is 2.33. The lowest BCUT2D eigenvalue weighted by Crippen LogP contribution is -2.22. The minimum absolute atomic E-state index is 0.0299. The first-order valence-corrected chi connectivity index (χ1v) is 7.72. The van der Waals surface area contributed by atoms with Gasteiger partial charge in [0.1, 0.15) is 11.6 Å². The van der Waals surface area contributed by atoms with Crippen LogP contribution in [0, 0.1) is 11.3 Å². The van der Waals surface area contributed by atoms with E-state index in [1.807, 2.05) is 6.07 Å². The van der Waals surface area contributed by atoms with E-state index in [0.717, 1.165) is 0 Å². The van der Waals surface area contributed by atoms with Crippen molar-refractivity contribution in [1.29, 1.82) is 5.26 Å². The van der Waals surface area contributed by atoms with Crippen LogP contribution >= 0.6 is 0 Å². The molecule has 2 aromatic carbocycles. The molecule has 1 amide bonds. The number of rotatable bonds is 7. The second kappa shape index (κ2) is 9.01. The van der Waals surface area contributed by atoms with E-state index in [-0.39, 0.29) is 28.2 Å². The first-order chi connectivity index (χ1) is 13.0. The average molecular weight is 368 g/mol. The molecule has 8 nitrogen and oxygen atoms in total. The lowest BCUT2D eigenvalue weighted by atomic mass is 10.1. The number of hydrogen-bond donors (Lipinski definition) is 1. The molecule has 0 aliphatic carbocycles. The van der Waals surface area contributed by atoms with Crippen LogP contribution in [0.25, 0.3) is 0 Å². The number of nitriles is 1. The summed E-state index contributed by atoms with van der Waals surface area (Å²) in [6, 6.07) is 11.2. The number of esters is 1. The molecular weight excluding hydrogens is 352 g/mol. The van der Waals surface area contributed by atoms with Crippen molar-refractivity contribution in [1.82, 2.24) is 0 Å². The van der Waals surface area contributed by atoms with Crippen LogP contribution in [0.4, 0.5) is 5.69 Å². The third-order valence-corrected chi connectivity index (χ3v) is 3.56. The van der Waals surface area contributed by atoms with Crippen molar-refractivity contribution in [3.8, 4) is 17.6 Å². The van der Waals surface area contributed by atoms with E-state index in [1.54, 1.807) is 24.3 Å². The Kier molecular flexibility index (Phi) is 6.49. The number of methoxy groups -OCH3 is 2. The highest BCUT2D eigenvalue weighted by Crippen LogP contribution is 2.33. The Labute approximate surface area is 155 Å². The second-order valence-electron chi connectivity index (χ2n) is 5.16. The Balaban J connectivity index is 2.15. The van der Waals surface area contributed by atoms with Crippen molar-refractivity contribution < 1.29 is 28.6 Å². The maximum Gasteiger partial charge on any atom is 0.343 e. The van der Waals surface area contributed by atoms with Crippen molar-refractivity contribution in [3.63, 3.8) is 0 Å². The van der Waals surface area contributed by atoms with E-state index in [9.17, 15) is 14.4 Å². The van der Waals surface area contributed by atoms with E-state index >= 15 is 0 Å². The zero-order chi connectivity index (χ0) is 19.8. The number of carbonyl (C=O) groups excluding carboxylic acids is 3. The van der Waals surface area contributed by atoms with Crippen molar-refractivity contribution in [2.24, 2.45) is 0 Å². The molecule has 0 unspecified atom stereocenters. The predicted octanol–water partition coefficient (Wildman–Crippen LogP) is 2.18. The fourth-order valence-corrected chi connectivity index (χ4v) is 2.33. The Bertz CT molecular complexity index is 917. The summed E-state index contributed by atoms with van der Waals surface area (Å²) in [6.07, 6.45) is 0.474. The highest BCUT2D eigenvalue weighted by molar-refractivity contribution is 6.03. The van der Waals surface area contributed by atoms with Gasteiger partial charge in [-0.2, -0.15) is 5.26 Å². The minimum Gasteiger partial charge on any atom is -0.493 e. The molecule has 138 valence electrons. The SMILES string of the molecule is COc1ccc(C=O)c(C(=O)OCC(=O)Nc2ccccc2C#N)c1OC. The monoisotopic (exact) mass is 368 g/mol. The van der Waals surface area contributed by atoms with Gasteiger partial charge in [-0.1, -0.05) is 12.1 Å². The summed E-state index contributed by atoms with van der Waals surface area (Å²) < 4.78 is 15.2. The molecule has 0 aliphatic rings. The summed E-state index contributed by atoms with van der Waals surface area (Å²) in [5, 5.41) is 11.5. The minimum atomic E-state index is -0.920. The number of para-hydroxylation sites is 1. The number of carbonyl (C=O) groups is 3. The third-order valence-electron chi connectivity index (χ3n) is 3.56.